The van der Waals surface area contributed by atoms with E-state index >= 15 is 0 Å². The highest BCUT2D eigenvalue weighted by atomic mass is 16.3. The maximum absolute atomic E-state index is 12.4. The number of hydrogen-bond donors (Lipinski definition) is 2. The van der Waals surface area contributed by atoms with Crippen LogP contribution in [0.4, 0.5) is 10.5 Å². The van der Waals surface area contributed by atoms with Crippen LogP contribution in [0.3, 0.4) is 0 Å². The molecular weight excluding hydrogens is 256 g/mol. The second-order valence-corrected chi connectivity index (χ2v) is 5.95. The molecule has 1 aromatic heterocycles. The summed E-state index contributed by atoms with van der Waals surface area (Å²) in [5.41, 5.74) is 0.748. The minimum absolute atomic E-state index is 0.135. The van der Waals surface area contributed by atoms with E-state index in [4.69, 9.17) is 0 Å². The highest BCUT2D eigenvalue weighted by Crippen LogP contribution is 2.27. The molecule has 0 aliphatic carbocycles. The number of carbonyl (C=O) groups excluding carboxylic acids is 1. The van der Waals surface area contributed by atoms with Crippen molar-refractivity contribution in [1.82, 2.24) is 14.7 Å². The number of anilines is 1. The number of amides is 2. The maximum atomic E-state index is 12.4. The Morgan fingerprint density at radius 2 is 2.30 bits per heavy atom. The minimum atomic E-state index is -0.879. The Morgan fingerprint density at radius 3 is 2.90 bits per heavy atom. The van der Waals surface area contributed by atoms with Gasteiger partial charge in [-0.25, -0.2) is 4.79 Å². The van der Waals surface area contributed by atoms with Crippen LogP contribution < -0.4 is 5.32 Å². The van der Waals surface area contributed by atoms with Crippen LogP contribution in [-0.4, -0.2) is 44.0 Å². The average Bonchev–Trinajstić information content (AvgIpc) is 2.94. The molecule has 1 aromatic rings. The third-order valence-electron chi connectivity index (χ3n) is 3.81. The smallest absolute Gasteiger partial charge is 0.322 e. The normalized spacial score (nSPS) is 19.4. The van der Waals surface area contributed by atoms with Crippen LogP contribution in [0.5, 0.6) is 0 Å². The van der Waals surface area contributed by atoms with Crippen molar-refractivity contribution in [1.29, 1.82) is 0 Å². The lowest BCUT2D eigenvalue weighted by Crippen LogP contribution is -2.49. The van der Waals surface area contributed by atoms with E-state index in [9.17, 15) is 9.90 Å². The lowest BCUT2D eigenvalue weighted by atomic mass is 9.97. The molecule has 1 saturated heterocycles. The minimum Gasteiger partial charge on any atom is -0.388 e. The van der Waals surface area contributed by atoms with Crippen LogP contribution >= 0.6 is 0 Å². The van der Waals surface area contributed by atoms with Gasteiger partial charge in [-0.05, 0) is 33.1 Å². The van der Waals surface area contributed by atoms with Gasteiger partial charge >= 0.3 is 6.03 Å². The van der Waals surface area contributed by atoms with E-state index in [-0.39, 0.29) is 12.1 Å². The summed E-state index contributed by atoms with van der Waals surface area (Å²) >= 11 is 0. The largest absolute Gasteiger partial charge is 0.388 e. The molecule has 0 unspecified atom stereocenters. The third kappa shape index (κ3) is 2.95. The van der Waals surface area contributed by atoms with Crippen molar-refractivity contribution in [2.75, 3.05) is 11.9 Å². The number of nitrogens with zero attached hydrogens (tertiary/aromatic N) is 3. The fourth-order valence-electron chi connectivity index (χ4n) is 2.83. The first kappa shape index (κ1) is 14.8. The second kappa shape index (κ2) is 5.44. The summed E-state index contributed by atoms with van der Waals surface area (Å²) in [6.45, 7) is 6.20. The van der Waals surface area contributed by atoms with Crippen molar-refractivity contribution in [3.05, 3.63) is 11.9 Å². The van der Waals surface area contributed by atoms with Gasteiger partial charge in [-0.2, -0.15) is 5.10 Å². The van der Waals surface area contributed by atoms with E-state index in [1.165, 1.54) is 0 Å². The van der Waals surface area contributed by atoms with Crippen molar-refractivity contribution in [3.8, 4) is 0 Å². The molecule has 6 heteroatoms. The first-order chi connectivity index (χ1) is 9.32. The molecule has 0 radical (unpaired) electrons. The SMILES string of the molecule is CCc1nn(C)cc1NC(=O)N1CCC[C@@H]1C(C)(C)O. The zero-order valence-electron chi connectivity index (χ0n) is 12.7. The molecule has 2 rings (SSSR count). The topological polar surface area (TPSA) is 70.4 Å². The third-order valence-corrected chi connectivity index (χ3v) is 3.81. The number of hydrogen-bond acceptors (Lipinski definition) is 3. The number of likely N-dealkylation sites (tertiary alicyclic amines) is 1. The fourth-order valence-corrected chi connectivity index (χ4v) is 2.83. The Bertz CT molecular complexity index is 490. The van der Waals surface area contributed by atoms with E-state index in [2.05, 4.69) is 10.4 Å². The van der Waals surface area contributed by atoms with Crippen LogP contribution in [0.1, 0.15) is 39.3 Å². The summed E-state index contributed by atoms with van der Waals surface area (Å²) in [6, 6.07) is -0.290. The van der Waals surface area contributed by atoms with Crippen LogP contribution in [-0.2, 0) is 13.5 Å². The zero-order chi connectivity index (χ0) is 14.9. The van der Waals surface area contributed by atoms with Gasteiger partial charge in [-0.15, -0.1) is 0 Å². The van der Waals surface area contributed by atoms with Gasteiger partial charge in [0.25, 0.3) is 0 Å². The molecule has 0 aromatic carbocycles. The predicted molar refractivity (Wildman–Crippen MR) is 77.6 cm³/mol. The number of nitrogens with one attached hydrogen (secondary N) is 1. The molecular formula is C14H24N4O2. The molecule has 2 heterocycles. The number of aromatic nitrogens is 2. The van der Waals surface area contributed by atoms with E-state index in [1.54, 1.807) is 23.4 Å². The lowest BCUT2D eigenvalue weighted by Gasteiger charge is -2.33. The van der Waals surface area contributed by atoms with Crippen molar-refractivity contribution in [3.63, 3.8) is 0 Å². The quantitative estimate of drug-likeness (QED) is 0.886. The molecule has 6 nitrogen and oxygen atoms in total. The first-order valence-corrected chi connectivity index (χ1v) is 7.15. The molecule has 2 N–H and O–H groups in total. The predicted octanol–water partition coefficient (Wildman–Crippen LogP) is 1.75. The standard InChI is InChI=1S/C14H24N4O2/c1-5-10-11(9-17(4)16-10)15-13(19)18-8-6-7-12(18)14(2,3)20/h9,12,20H,5-8H2,1-4H3,(H,15,19)/t12-/m1/s1. The highest BCUT2D eigenvalue weighted by molar-refractivity contribution is 5.90. The Morgan fingerprint density at radius 1 is 1.60 bits per heavy atom. The van der Waals surface area contributed by atoms with E-state index in [0.717, 1.165) is 30.6 Å². The summed E-state index contributed by atoms with van der Waals surface area (Å²) in [5, 5.41) is 17.4. The van der Waals surface area contributed by atoms with Gasteiger partial charge in [0.2, 0.25) is 0 Å². The maximum Gasteiger partial charge on any atom is 0.322 e. The molecule has 0 spiro atoms. The molecule has 1 fully saturated rings. The van der Waals surface area contributed by atoms with Crippen LogP contribution in [0.15, 0.2) is 6.20 Å². The molecule has 20 heavy (non-hydrogen) atoms. The lowest BCUT2D eigenvalue weighted by molar-refractivity contribution is 0.0117. The molecule has 0 bridgehead atoms. The van der Waals surface area contributed by atoms with Crippen molar-refractivity contribution < 1.29 is 9.90 Å². The van der Waals surface area contributed by atoms with Crippen molar-refractivity contribution in [2.45, 2.75) is 51.7 Å². The molecule has 2 amide bonds. The number of carbonyl (C=O) groups is 1. The molecule has 112 valence electrons. The Balaban J connectivity index is 2.11. The zero-order valence-corrected chi connectivity index (χ0v) is 12.7. The molecule has 0 saturated carbocycles. The Hall–Kier alpha value is -1.56. The summed E-state index contributed by atoms with van der Waals surface area (Å²) in [7, 11) is 1.84. The first-order valence-electron chi connectivity index (χ1n) is 7.15. The molecule has 1 atom stereocenters. The Labute approximate surface area is 119 Å². The van der Waals surface area contributed by atoms with E-state index < -0.39 is 5.60 Å². The van der Waals surface area contributed by atoms with Crippen LogP contribution in [0.25, 0.3) is 0 Å². The van der Waals surface area contributed by atoms with Crippen molar-refractivity contribution in [2.24, 2.45) is 7.05 Å². The average molecular weight is 280 g/mol. The van der Waals surface area contributed by atoms with Crippen molar-refractivity contribution >= 4 is 11.7 Å². The summed E-state index contributed by atoms with van der Waals surface area (Å²) < 4.78 is 1.70. The van der Waals surface area contributed by atoms with Gasteiger partial charge in [-0.3, -0.25) is 4.68 Å². The van der Waals surface area contributed by atoms with Gasteiger partial charge in [0.05, 0.1) is 23.0 Å². The summed E-state index contributed by atoms with van der Waals surface area (Å²) in [4.78, 5) is 14.1. The van der Waals surface area contributed by atoms with E-state index in [0.29, 0.717) is 6.54 Å². The second-order valence-electron chi connectivity index (χ2n) is 5.95. The van der Waals surface area contributed by atoms with Crippen LogP contribution in [0, 0.1) is 0 Å². The van der Waals surface area contributed by atoms with Gasteiger partial charge in [0.15, 0.2) is 0 Å². The van der Waals surface area contributed by atoms with Crippen LogP contribution in [0.2, 0.25) is 0 Å². The number of aryl methyl sites for hydroxylation is 2. The molecule has 1 aliphatic heterocycles. The number of urea groups is 1. The van der Waals surface area contributed by atoms with Gasteiger partial charge in [0.1, 0.15) is 0 Å². The summed E-state index contributed by atoms with van der Waals surface area (Å²) in [6.07, 6.45) is 4.34. The fraction of sp³-hybridized carbons (Fsp3) is 0.714. The van der Waals surface area contributed by atoms with Gasteiger partial charge < -0.3 is 15.3 Å². The number of rotatable bonds is 3. The van der Waals surface area contributed by atoms with E-state index in [1.807, 2.05) is 20.2 Å². The monoisotopic (exact) mass is 280 g/mol. The number of aliphatic hydroxyl groups is 1. The molecule has 1 aliphatic rings. The Kier molecular flexibility index (Phi) is 4.04. The van der Waals surface area contributed by atoms with Gasteiger partial charge in [0, 0.05) is 19.8 Å². The highest BCUT2D eigenvalue weighted by Gasteiger charge is 2.38. The van der Waals surface area contributed by atoms with Gasteiger partial charge in [-0.1, -0.05) is 6.92 Å². The summed E-state index contributed by atoms with van der Waals surface area (Å²) in [5.74, 6) is 0.